The number of fused-ring (bicyclic) bond motifs is 2. The summed E-state index contributed by atoms with van der Waals surface area (Å²) < 4.78 is 51.3. The number of carbonyl (C=O) groups is 2. The van der Waals surface area contributed by atoms with Crippen LogP contribution in [0.25, 0.3) is 0 Å². The molecular weight excluding hydrogens is 527 g/mol. The Labute approximate surface area is 233 Å². The molecule has 1 saturated carbocycles. The van der Waals surface area contributed by atoms with Gasteiger partial charge in [0, 0.05) is 83.3 Å². The van der Waals surface area contributed by atoms with Crippen LogP contribution in [0.15, 0.2) is 12.3 Å². The summed E-state index contributed by atoms with van der Waals surface area (Å²) >= 11 is 0. The van der Waals surface area contributed by atoms with E-state index in [1.54, 1.807) is 12.0 Å². The highest BCUT2D eigenvalue weighted by molar-refractivity contribution is 5.86. The molecule has 0 radical (unpaired) electrons. The number of carbonyl (C=O) groups excluding carboxylic acids is 2. The van der Waals surface area contributed by atoms with E-state index in [0.29, 0.717) is 69.9 Å². The van der Waals surface area contributed by atoms with Crippen LogP contribution >= 0.6 is 0 Å². The Kier molecular flexibility index (Phi) is 8.43. The molecule has 0 spiro atoms. The molecule has 2 saturated heterocycles. The van der Waals surface area contributed by atoms with E-state index in [4.69, 9.17) is 9.47 Å². The van der Waals surface area contributed by atoms with Gasteiger partial charge in [0.15, 0.2) is 0 Å². The van der Waals surface area contributed by atoms with Gasteiger partial charge in [-0.3, -0.25) is 14.6 Å². The van der Waals surface area contributed by atoms with Crippen LogP contribution in [0.5, 0.6) is 0 Å². The summed E-state index contributed by atoms with van der Waals surface area (Å²) in [5.41, 5.74) is -0.526. The van der Waals surface area contributed by atoms with Gasteiger partial charge in [-0.1, -0.05) is 0 Å². The van der Waals surface area contributed by atoms with Gasteiger partial charge in [-0.2, -0.15) is 13.2 Å². The monoisotopic (exact) mass is 567 g/mol. The van der Waals surface area contributed by atoms with Gasteiger partial charge < -0.3 is 29.5 Å². The molecule has 3 fully saturated rings. The van der Waals surface area contributed by atoms with Gasteiger partial charge in [0.1, 0.15) is 0 Å². The number of halogens is 3. The van der Waals surface area contributed by atoms with E-state index >= 15 is 0 Å². The van der Waals surface area contributed by atoms with Gasteiger partial charge in [-0.15, -0.1) is 0 Å². The van der Waals surface area contributed by atoms with Crippen molar-refractivity contribution in [2.24, 2.45) is 11.3 Å². The predicted molar refractivity (Wildman–Crippen MR) is 140 cm³/mol. The molecule has 0 aromatic carbocycles. The van der Waals surface area contributed by atoms with Crippen molar-refractivity contribution in [3.05, 3.63) is 29.1 Å². The molecule has 12 heteroatoms. The molecular formula is C28H40F3N5O4. The molecule has 9 nitrogen and oxygen atoms in total. The van der Waals surface area contributed by atoms with E-state index in [-0.39, 0.29) is 42.5 Å². The first-order chi connectivity index (χ1) is 19.0. The Morgan fingerprint density at radius 1 is 1.30 bits per heavy atom. The van der Waals surface area contributed by atoms with Gasteiger partial charge in [0.05, 0.1) is 23.7 Å². The van der Waals surface area contributed by atoms with Crippen molar-refractivity contribution >= 4 is 11.8 Å². The second-order valence-corrected chi connectivity index (χ2v) is 12.0. The molecule has 0 bridgehead atoms. The van der Waals surface area contributed by atoms with Gasteiger partial charge in [-0.05, 0) is 50.9 Å². The highest BCUT2D eigenvalue weighted by atomic mass is 19.4. The summed E-state index contributed by atoms with van der Waals surface area (Å²) in [6, 6.07) is 1.31. The highest BCUT2D eigenvalue weighted by Crippen LogP contribution is 2.51. The lowest BCUT2D eigenvalue weighted by Gasteiger charge is -2.37. The number of methoxy groups -OCH3 is 1. The number of amides is 2. The summed E-state index contributed by atoms with van der Waals surface area (Å²) in [4.78, 5) is 37.0. The van der Waals surface area contributed by atoms with Crippen LogP contribution in [-0.2, 0) is 38.2 Å². The van der Waals surface area contributed by atoms with Gasteiger partial charge in [-0.25, -0.2) is 0 Å². The fourth-order valence-electron chi connectivity index (χ4n) is 7.00. The van der Waals surface area contributed by atoms with Crippen molar-refractivity contribution in [1.82, 2.24) is 25.0 Å². The number of ether oxygens (including phenoxy) is 2. The minimum atomic E-state index is -4.49. The zero-order valence-corrected chi connectivity index (χ0v) is 23.5. The van der Waals surface area contributed by atoms with Crippen molar-refractivity contribution < 1.29 is 32.2 Å². The average molecular weight is 568 g/mol. The quantitative estimate of drug-likeness (QED) is 0.539. The maximum absolute atomic E-state index is 14.4. The maximum Gasteiger partial charge on any atom is 0.417 e. The Hall–Kier alpha value is -2.28. The average Bonchev–Trinajstić information content (AvgIpc) is 3.45. The molecule has 2 amide bonds. The van der Waals surface area contributed by atoms with Crippen LogP contribution in [-0.4, -0.2) is 110 Å². The summed E-state index contributed by atoms with van der Waals surface area (Å²) in [7, 11) is 5.52. The first-order valence-electron chi connectivity index (χ1n) is 14.1. The Bertz CT molecular complexity index is 1100. The van der Waals surface area contributed by atoms with E-state index in [0.717, 1.165) is 25.1 Å². The molecule has 1 aliphatic carbocycles. The van der Waals surface area contributed by atoms with Gasteiger partial charge in [0.25, 0.3) is 0 Å². The molecule has 1 N–H and O–H groups in total. The van der Waals surface area contributed by atoms with Crippen LogP contribution in [0.2, 0.25) is 0 Å². The van der Waals surface area contributed by atoms with Crippen LogP contribution < -0.4 is 5.32 Å². The summed E-state index contributed by atoms with van der Waals surface area (Å²) in [5.74, 6) is -0.0580. The Balaban J connectivity index is 1.36. The molecule has 4 heterocycles. The van der Waals surface area contributed by atoms with Crippen molar-refractivity contribution in [2.45, 2.75) is 63.0 Å². The number of likely N-dealkylation sites (tertiary alicyclic amines) is 1. The van der Waals surface area contributed by atoms with Crippen LogP contribution in [0.1, 0.15) is 42.5 Å². The fraction of sp³-hybridized carbons (Fsp3) is 0.750. The number of rotatable bonds is 7. The lowest BCUT2D eigenvalue weighted by atomic mass is 9.78. The normalized spacial score (nSPS) is 30.5. The number of pyridine rings is 1. The number of hydrogen-bond acceptors (Lipinski definition) is 7. The molecule has 40 heavy (non-hydrogen) atoms. The van der Waals surface area contributed by atoms with E-state index < -0.39 is 17.2 Å². The molecule has 3 aliphatic heterocycles. The van der Waals surface area contributed by atoms with Crippen LogP contribution in [0.3, 0.4) is 0 Å². The van der Waals surface area contributed by atoms with E-state index in [1.165, 1.54) is 0 Å². The predicted octanol–water partition coefficient (Wildman–Crippen LogP) is 1.94. The number of hydrogen-bond donors (Lipinski definition) is 1. The van der Waals surface area contributed by atoms with Crippen molar-refractivity contribution in [3.63, 3.8) is 0 Å². The molecule has 1 aromatic rings. The lowest BCUT2D eigenvalue weighted by Crippen LogP contribution is -2.52. The Morgan fingerprint density at radius 3 is 2.83 bits per heavy atom. The second-order valence-electron chi connectivity index (χ2n) is 12.0. The Morgan fingerprint density at radius 2 is 2.10 bits per heavy atom. The summed E-state index contributed by atoms with van der Waals surface area (Å²) in [5, 5.41) is 3.73. The molecule has 222 valence electrons. The number of alkyl halides is 3. The number of nitrogens with zero attached hydrogens (tertiary/aromatic N) is 4. The minimum absolute atomic E-state index is 0.0253. The summed E-state index contributed by atoms with van der Waals surface area (Å²) in [6.07, 6.45) is -0.766. The van der Waals surface area contributed by atoms with E-state index in [2.05, 4.69) is 10.3 Å². The molecule has 4 aliphatic rings. The third-order valence-corrected chi connectivity index (χ3v) is 9.14. The molecule has 5 rings (SSSR count). The lowest BCUT2D eigenvalue weighted by molar-refractivity contribution is -0.144. The standard InChI is InChI=1S/C28H40F3N5O4/c1-34(2)7-5-25(37)36-15-20-11-21(33-23-6-9-40-16-24(23)39-3)12-27(20,17-36)26(38)35-8-4-22-18(14-35)10-19(13-32-22)28(29,30)31/h10,13,20-21,23-24,33H,4-9,11-12,14-17H2,1-3H3/t20-,21+,23?,24?,27-/m0/s1. The third kappa shape index (κ3) is 5.86. The first-order valence-corrected chi connectivity index (χ1v) is 14.1. The fourth-order valence-corrected chi connectivity index (χ4v) is 7.00. The summed E-state index contributed by atoms with van der Waals surface area (Å²) in [6.45, 7) is 3.14. The highest BCUT2D eigenvalue weighted by Gasteiger charge is 2.59. The largest absolute Gasteiger partial charge is 0.417 e. The molecule has 2 unspecified atom stereocenters. The van der Waals surface area contributed by atoms with Crippen molar-refractivity contribution in [3.8, 4) is 0 Å². The van der Waals surface area contributed by atoms with E-state index in [1.807, 2.05) is 23.9 Å². The van der Waals surface area contributed by atoms with Crippen LogP contribution in [0.4, 0.5) is 13.2 Å². The van der Waals surface area contributed by atoms with Crippen molar-refractivity contribution in [1.29, 1.82) is 0 Å². The molecule has 1 aromatic heterocycles. The second kappa shape index (κ2) is 11.5. The third-order valence-electron chi connectivity index (χ3n) is 9.14. The zero-order chi connectivity index (χ0) is 28.7. The van der Waals surface area contributed by atoms with Crippen LogP contribution in [0, 0.1) is 11.3 Å². The van der Waals surface area contributed by atoms with Gasteiger partial charge >= 0.3 is 6.18 Å². The number of nitrogens with one attached hydrogen (secondary N) is 1. The maximum atomic E-state index is 14.4. The van der Waals surface area contributed by atoms with E-state index in [9.17, 15) is 22.8 Å². The number of aromatic nitrogens is 1. The topological polar surface area (TPSA) is 87.2 Å². The molecule has 5 atom stereocenters. The first kappa shape index (κ1) is 29.2. The van der Waals surface area contributed by atoms with Gasteiger partial charge in [0.2, 0.25) is 11.8 Å². The minimum Gasteiger partial charge on any atom is -0.379 e. The SMILES string of the molecule is COC1COCCC1N[C@@H]1C[C@H]2CN(C(=O)CCN(C)C)C[C@@]2(C(=O)N2CCc3ncc(C(F)(F)F)cc3C2)C1. The van der Waals surface area contributed by atoms with Crippen molar-refractivity contribution in [2.75, 3.05) is 60.6 Å². The zero-order valence-electron chi connectivity index (χ0n) is 23.5. The smallest absolute Gasteiger partial charge is 0.379 e.